The zero-order valence-corrected chi connectivity index (χ0v) is 11.9. The Kier molecular flexibility index (Phi) is 5.05. The molecule has 0 bridgehead atoms. The summed E-state index contributed by atoms with van der Waals surface area (Å²) in [6.45, 7) is 7.98. The third-order valence-corrected chi connectivity index (χ3v) is 3.35. The first kappa shape index (κ1) is 14.2. The molecule has 0 aliphatic carbocycles. The number of ether oxygens (including phenoxy) is 2. The van der Waals surface area contributed by atoms with E-state index >= 15 is 0 Å². The Balaban J connectivity index is 2.07. The number of benzene rings is 1. The van der Waals surface area contributed by atoms with Crippen LogP contribution in [0, 0.1) is 0 Å². The zero-order valence-electron chi connectivity index (χ0n) is 11.9. The van der Waals surface area contributed by atoms with Crippen LogP contribution in [0.3, 0.4) is 0 Å². The number of fused-ring (bicyclic) bond motifs is 1. The Hall–Kier alpha value is -1.26. The summed E-state index contributed by atoms with van der Waals surface area (Å²) in [6.07, 6.45) is 1.26. The molecule has 1 aliphatic rings. The number of aryl methyl sites for hydroxylation is 1. The van der Waals surface area contributed by atoms with Crippen LogP contribution in [0.5, 0.6) is 5.75 Å². The van der Waals surface area contributed by atoms with Gasteiger partial charge in [0.2, 0.25) is 0 Å². The normalized spacial score (nSPS) is 18.1. The van der Waals surface area contributed by atoms with Crippen molar-refractivity contribution < 1.29 is 9.47 Å². The summed E-state index contributed by atoms with van der Waals surface area (Å²) in [5, 5.41) is 0. The molecule has 0 saturated carbocycles. The molecule has 0 fully saturated rings. The smallest absolute Gasteiger partial charge is 0.143 e. The Morgan fingerprint density at radius 2 is 2.26 bits per heavy atom. The van der Waals surface area contributed by atoms with Gasteiger partial charge in [0.15, 0.2) is 0 Å². The average molecular weight is 264 g/mol. The van der Waals surface area contributed by atoms with Gasteiger partial charge in [0.25, 0.3) is 0 Å². The fraction of sp³-hybridized carbons (Fsp3) is 0.600. The second-order valence-corrected chi connectivity index (χ2v) is 4.93. The number of anilines is 1. The predicted molar refractivity (Wildman–Crippen MR) is 78.0 cm³/mol. The lowest BCUT2D eigenvalue weighted by atomic mass is 10.1. The monoisotopic (exact) mass is 264 g/mol. The second-order valence-electron chi connectivity index (χ2n) is 4.93. The highest BCUT2D eigenvalue weighted by atomic mass is 16.5. The van der Waals surface area contributed by atoms with E-state index in [0.29, 0.717) is 19.8 Å². The van der Waals surface area contributed by atoms with E-state index in [0.717, 1.165) is 25.3 Å². The van der Waals surface area contributed by atoms with E-state index < -0.39 is 0 Å². The van der Waals surface area contributed by atoms with Crippen molar-refractivity contribution in [2.45, 2.75) is 26.4 Å². The molecule has 1 unspecified atom stereocenters. The van der Waals surface area contributed by atoms with Gasteiger partial charge in [0.1, 0.15) is 11.9 Å². The van der Waals surface area contributed by atoms with Crippen LogP contribution in [0.15, 0.2) is 18.2 Å². The molecule has 1 atom stereocenters. The Morgan fingerprint density at radius 3 is 3.00 bits per heavy atom. The van der Waals surface area contributed by atoms with Crippen molar-refractivity contribution in [1.82, 2.24) is 0 Å². The van der Waals surface area contributed by atoms with Crippen molar-refractivity contribution in [2.24, 2.45) is 5.73 Å². The summed E-state index contributed by atoms with van der Waals surface area (Å²) in [5.74, 6) is 0.981. The third kappa shape index (κ3) is 3.61. The molecule has 0 saturated heterocycles. The van der Waals surface area contributed by atoms with Gasteiger partial charge in [-0.25, -0.2) is 0 Å². The summed E-state index contributed by atoms with van der Waals surface area (Å²) in [7, 11) is 0. The molecule has 106 valence electrons. The van der Waals surface area contributed by atoms with Crippen molar-refractivity contribution in [1.29, 1.82) is 0 Å². The van der Waals surface area contributed by atoms with Crippen LogP contribution >= 0.6 is 0 Å². The van der Waals surface area contributed by atoms with Gasteiger partial charge in [-0.1, -0.05) is 13.0 Å². The first-order chi connectivity index (χ1) is 9.24. The summed E-state index contributed by atoms with van der Waals surface area (Å²) < 4.78 is 11.4. The maximum absolute atomic E-state index is 5.89. The lowest BCUT2D eigenvalue weighted by molar-refractivity contribution is 0.142. The first-order valence-electron chi connectivity index (χ1n) is 7.07. The molecule has 0 radical (unpaired) electrons. The molecule has 4 nitrogen and oxygen atoms in total. The van der Waals surface area contributed by atoms with Crippen LogP contribution < -0.4 is 15.4 Å². The lowest BCUT2D eigenvalue weighted by Crippen LogP contribution is -2.40. The van der Waals surface area contributed by atoms with Crippen molar-refractivity contribution in [3.05, 3.63) is 23.8 Å². The molecule has 0 aromatic heterocycles. The summed E-state index contributed by atoms with van der Waals surface area (Å²) in [6, 6.07) is 6.45. The largest absolute Gasteiger partial charge is 0.487 e. The van der Waals surface area contributed by atoms with Gasteiger partial charge in [-0.05, 0) is 31.0 Å². The van der Waals surface area contributed by atoms with Crippen LogP contribution in [0.2, 0.25) is 0 Å². The van der Waals surface area contributed by atoms with E-state index in [4.69, 9.17) is 15.2 Å². The van der Waals surface area contributed by atoms with Crippen molar-refractivity contribution in [3.8, 4) is 5.75 Å². The minimum absolute atomic E-state index is 0.217. The van der Waals surface area contributed by atoms with E-state index in [9.17, 15) is 0 Å². The maximum Gasteiger partial charge on any atom is 0.143 e. The van der Waals surface area contributed by atoms with Gasteiger partial charge in [-0.2, -0.15) is 0 Å². The highest BCUT2D eigenvalue weighted by molar-refractivity contribution is 5.61. The van der Waals surface area contributed by atoms with Gasteiger partial charge in [-0.15, -0.1) is 0 Å². The molecule has 2 N–H and O–H groups in total. The van der Waals surface area contributed by atoms with E-state index in [1.165, 1.54) is 11.3 Å². The minimum Gasteiger partial charge on any atom is -0.487 e. The van der Waals surface area contributed by atoms with Crippen molar-refractivity contribution >= 4 is 5.69 Å². The van der Waals surface area contributed by atoms with Crippen molar-refractivity contribution in [3.63, 3.8) is 0 Å². The van der Waals surface area contributed by atoms with Gasteiger partial charge < -0.3 is 20.1 Å². The number of rotatable bonds is 6. The fourth-order valence-corrected chi connectivity index (χ4v) is 2.36. The summed E-state index contributed by atoms with van der Waals surface area (Å²) in [5.41, 5.74) is 7.95. The lowest BCUT2D eigenvalue weighted by Gasteiger charge is -2.35. The quantitative estimate of drug-likeness (QED) is 0.796. The minimum atomic E-state index is 0.217. The van der Waals surface area contributed by atoms with E-state index in [-0.39, 0.29) is 6.10 Å². The SMILES string of the molecule is CCc1ccc2c(c1)N(CCOCCN)CC(C)O2. The average Bonchev–Trinajstić information content (AvgIpc) is 2.43. The molecule has 19 heavy (non-hydrogen) atoms. The third-order valence-electron chi connectivity index (χ3n) is 3.35. The van der Waals surface area contributed by atoms with E-state index in [1.54, 1.807) is 0 Å². The molecule has 0 spiro atoms. The van der Waals surface area contributed by atoms with Gasteiger partial charge in [0.05, 0.1) is 25.4 Å². The van der Waals surface area contributed by atoms with Crippen LogP contribution in [0.1, 0.15) is 19.4 Å². The number of nitrogens with two attached hydrogens (primary N) is 1. The van der Waals surface area contributed by atoms with Gasteiger partial charge >= 0.3 is 0 Å². The molecule has 2 rings (SSSR count). The predicted octanol–water partition coefficient (Wildman–Crippen LogP) is 1.81. The molecular formula is C15H24N2O2. The number of hydrogen-bond donors (Lipinski definition) is 1. The molecular weight excluding hydrogens is 240 g/mol. The maximum atomic E-state index is 5.89. The Bertz CT molecular complexity index is 409. The molecule has 0 amide bonds. The van der Waals surface area contributed by atoms with Crippen LogP contribution in [-0.2, 0) is 11.2 Å². The fourth-order valence-electron chi connectivity index (χ4n) is 2.36. The molecule has 4 heteroatoms. The zero-order chi connectivity index (χ0) is 13.7. The standard InChI is InChI=1S/C15H24N2O2/c1-3-13-4-5-15-14(10-13)17(11-12(2)19-15)7-9-18-8-6-16/h4-5,10,12H,3,6-9,11,16H2,1-2H3. The Labute approximate surface area is 115 Å². The Morgan fingerprint density at radius 1 is 1.42 bits per heavy atom. The second kappa shape index (κ2) is 6.78. The summed E-state index contributed by atoms with van der Waals surface area (Å²) in [4.78, 5) is 2.35. The molecule has 1 aromatic rings. The van der Waals surface area contributed by atoms with Crippen LogP contribution in [0.4, 0.5) is 5.69 Å². The van der Waals surface area contributed by atoms with E-state index in [2.05, 4.69) is 36.9 Å². The van der Waals surface area contributed by atoms with Crippen LogP contribution in [0.25, 0.3) is 0 Å². The molecule has 1 aliphatic heterocycles. The number of hydrogen-bond acceptors (Lipinski definition) is 4. The van der Waals surface area contributed by atoms with Gasteiger partial charge in [0, 0.05) is 13.1 Å². The van der Waals surface area contributed by atoms with E-state index in [1.807, 2.05) is 0 Å². The number of nitrogens with zero attached hydrogens (tertiary/aromatic N) is 1. The van der Waals surface area contributed by atoms with Crippen LogP contribution in [-0.4, -0.2) is 39.0 Å². The first-order valence-corrected chi connectivity index (χ1v) is 7.07. The molecule has 1 aromatic carbocycles. The highest BCUT2D eigenvalue weighted by Gasteiger charge is 2.22. The van der Waals surface area contributed by atoms with Gasteiger partial charge in [-0.3, -0.25) is 0 Å². The highest BCUT2D eigenvalue weighted by Crippen LogP contribution is 2.34. The molecule has 1 heterocycles. The van der Waals surface area contributed by atoms with Crippen molar-refractivity contribution in [2.75, 3.05) is 37.7 Å². The topological polar surface area (TPSA) is 47.7 Å². The summed E-state index contributed by atoms with van der Waals surface area (Å²) >= 11 is 0.